The first-order chi connectivity index (χ1) is 7.16. The van der Waals surface area contributed by atoms with Crippen molar-refractivity contribution >= 4 is 11.6 Å². The number of nitrogen functional groups attached to an aromatic ring is 1. The number of carbonyl (C=O) groups is 1. The molecule has 1 aromatic carbocycles. The third kappa shape index (κ3) is 2.02. The van der Waals surface area contributed by atoms with Gasteiger partial charge in [0.05, 0.1) is 24.8 Å². The lowest BCUT2D eigenvalue weighted by atomic mass is 10.1. The highest BCUT2D eigenvalue weighted by molar-refractivity contribution is 5.99. The third-order valence-electron chi connectivity index (χ3n) is 2.25. The van der Waals surface area contributed by atoms with Gasteiger partial charge in [0.25, 0.3) is 5.91 Å². The SMILES string of the molecule is Nc1ccc(O)cc1C(=O)NC1COC1. The van der Waals surface area contributed by atoms with Gasteiger partial charge in [-0.15, -0.1) is 0 Å². The normalized spacial score (nSPS) is 15.7. The van der Waals surface area contributed by atoms with Gasteiger partial charge in [0.15, 0.2) is 0 Å². The molecule has 5 heteroatoms. The van der Waals surface area contributed by atoms with Gasteiger partial charge in [-0.2, -0.15) is 0 Å². The molecule has 2 rings (SSSR count). The van der Waals surface area contributed by atoms with E-state index in [1.165, 1.54) is 18.2 Å². The van der Waals surface area contributed by atoms with Gasteiger partial charge in [0, 0.05) is 5.69 Å². The minimum atomic E-state index is -0.281. The van der Waals surface area contributed by atoms with Crippen LogP contribution in [-0.2, 0) is 4.74 Å². The molecule has 80 valence electrons. The maximum atomic E-state index is 11.7. The number of nitrogens with one attached hydrogen (secondary N) is 1. The number of hydrogen-bond donors (Lipinski definition) is 3. The van der Waals surface area contributed by atoms with Crippen LogP contribution >= 0.6 is 0 Å². The van der Waals surface area contributed by atoms with Crippen molar-refractivity contribution in [2.75, 3.05) is 18.9 Å². The summed E-state index contributed by atoms with van der Waals surface area (Å²) in [6.07, 6.45) is 0. The Morgan fingerprint density at radius 3 is 2.87 bits per heavy atom. The van der Waals surface area contributed by atoms with E-state index in [-0.39, 0.29) is 17.7 Å². The molecule has 0 spiro atoms. The molecule has 1 heterocycles. The zero-order chi connectivity index (χ0) is 10.8. The molecule has 15 heavy (non-hydrogen) atoms. The molecule has 0 bridgehead atoms. The number of phenolic OH excluding ortho intramolecular Hbond substituents is 1. The number of nitrogens with two attached hydrogens (primary N) is 1. The van der Waals surface area contributed by atoms with E-state index in [1.54, 1.807) is 0 Å². The highest BCUT2D eigenvalue weighted by Gasteiger charge is 2.22. The summed E-state index contributed by atoms with van der Waals surface area (Å²) in [6, 6.07) is 4.35. The second-order valence-corrected chi connectivity index (χ2v) is 3.48. The summed E-state index contributed by atoms with van der Waals surface area (Å²) in [6.45, 7) is 1.06. The van der Waals surface area contributed by atoms with Crippen LogP contribution in [-0.4, -0.2) is 30.3 Å². The Morgan fingerprint density at radius 1 is 1.53 bits per heavy atom. The van der Waals surface area contributed by atoms with Gasteiger partial charge >= 0.3 is 0 Å². The van der Waals surface area contributed by atoms with E-state index in [0.29, 0.717) is 24.5 Å². The van der Waals surface area contributed by atoms with Gasteiger partial charge in [0.1, 0.15) is 5.75 Å². The molecular weight excluding hydrogens is 196 g/mol. The summed E-state index contributed by atoms with van der Waals surface area (Å²) in [4.78, 5) is 11.7. The average Bonchev–Trinajstić information content (AvgIpc) is 2.15. The molecule has 0 atom stereocenters. The quantitative estimate of drug-likeness (QED) is 0.475. The number of rotatable bonds is 2. The third-order valence-corrected chi connectivity index (χ3v) is 2.25. The summed E-state index contributed by atoms with van der Waals surface area (Å²) in [5.41, 5.74) is 6.27. The fraction of sp³-hybridized carbons (Fsp3) is 0.300. The second-order valence-electron chi connectivity index (χ2n) is 3.48. The molecule has 0 unspecified atom stereocenters. The van der Waals surface area contributed by atoms with E-state index in [1.807, 2.05) is 0 Å². The summed E-state index contributed by atoms with van der Waals surface area (Å²) >= 11 is 0. The lowest BCUT2D eigenvalue weighted by Gasteiger charge is -2.26. The number of amides is 1. The van der Waals surface area contributed by atoms with Crippen molar-refractivity contribution in [3.8, 4) is 5.75 Å². The van der Waals surface area contributed by atoms with Gasteiger partial charge in [0.2, 0.25) is 0 Å². The molecule has 1 aliphatic rings. The van der Waals surface area contributed by atoms with E-state index in [0.717, 1.165) is 0 Å². The molecule has 0 aliphatic carbocycles. The fourth-order valence-corrected chi connectivity index (χ4v) is 1.32. The Balaban J connectivity index is 2.12. The van der Waals surface area contributed by atoms with Crippen LogP contribution in [0.1, 0.15) is 10.4 Å². The summed E-state index contributed by atoms with van der Waals surface area (Å²) in [7, 11) is 0. The predicted octanol–water partition coefficient (Wildman–Crippen LogP) is 0.103. The first-order valence-corrected chi connectivity index (χ1v) is 4.64. The molecule has 4 N–H and O–H groups in total. The summed E-state index contributed by atoms with van der Waals surface area (Å²) in [5, 5.41) is 12.0. The summed E-state index contributed by atoms with van der Waals surface area (Å²) in [5.74, 6) is -0.254. The number of hydrogen-bond acceptors (Lipinski definition) is 4. The van der Waals surface area contributed by atoms with E-state index < -0.39 is 0 Å². The molecule has 5 nitrogen and oxygen atoms in total. The van der Waals surface area contributed by atoms with Crippen molar-refractivity contribution in [2.24, 2.45) is 0 Å². The Bertz CT molecular complexity index is 388. The Morgan fingerprint density at radius 2 is 2.27 bits per heavy atom. The second kappa shape index (κ2) is 3.78. The number of anilines is 1. The molecule has 1 fully saturated rings. The van der Waals surface area contributed by atoms with Crippen molar-refractivity contribution in [3.63, 3.8) is 0 Å². The van der Waals surface area contributed by atoms with Crippen molar-refractivity contribution < 1.29 is 14.6 Å². The van der Waals surface area contributed by atoms with Crippen LogP contribution in [0.3, 0.4) is 0 Å². The maximum absolute atomic E-state index is 11.7. The van der Waals surface area contributed by atoms with Crippen LogP contribution in [0.15, 0.2) is 18.2 Å². The number of carbonyl (C=O) groups excluding carboxylic acids is 1. The van der Waals surface area contributed by atoms with Crippen LogP contribution in [0, 0.1) is 0 Å². The van der Waals surface area contributed by atoms with Crippen molar-refractivity contribution in [1.29, 1.82) is 0 Å². The zero-order valence-electron chi connectivity index (χ0n) is 8.06. The number of phenols is 1. The monoisotopic (exact) mass is 208 g/mol. The summed E-state index contributed by atoms with van der Waals surface area (Å²) < 4.78 is 4.93. The van der Waals surface area contributed by atoms with Gasteiger partial charge in [-0.25, -0.2) is 0 Å². The highest BCUT2D eigenvalue weighted by atomic mass is 16.5. The number of benzene rings is 1. The van der Waals surface area contributed by atoms with E-state index in [9.17, 15) is 9.90 Å². The topological polar surface area (TPSA) is 84.6 Å². The van der Waals surface area contributed by atoms with Crippen LogP contribution in [0.4, 0.5) is 5.69 Å². The lowest BCUT2D eigenvalue weighted by molar-refractivity contribution is -0.00345. The zero-order valence-corrected chi connectivity index (χ0v) is 8.06. The Labute approximate surface area is 86.8 Å². The molecular formula is C10H12N2O3. The van der Waals surface area contributed by atoms with Crippen LogP contribution < -0.4 is 11.1 Å². The maximum Gasteiger partial charge on any atom is 0.253 e. The fourth-order valence-electron chi connectivity index (χ4n) is 1.32. The standard InChI is InChI=1S/C10H12N2O3/c11-9-2-1-7(13)3-8(9)10(14)12-6-4-15-5-6/h1-3,6,13H,4-5,11H2,(H,12,14). The van der Waals surface area contributed by atoms with Gasteiger partial charge in [-0.3, -0.25) is 4.79 Å². The van der Waals surface area contributed by atoms with Crippen molar-refractivity contribution in [1.82, 2.24) is 5.32 Å². The average molecular weight is 208 g/mol. The van der Waals surface area contributed by atoms with E-state index in [4.69, 9.17) is 10.5 Å². The van der Waals surface area contributed by atoms with E-state index >= 15 is 0 Å². The molecule has 1 aliphatic heterocycles. The molecule has 1 amide bonds. The smallest absolute Gasteiger partial charge is 0.253 e. The van der Waals surface area contributed by atoms with Crippen molar-refractivity contribution in [2.45, 2.75) is 6.04 Å². The van der Waals surface area contributed by atoms with Gasteiger partial charge in [-0.05, 0) is 18.2 Å². The molecule has 0 radical (unpaired) electrons. The van der Waals surface area contributed by atoms with Gasteiger partial charge < -0.3 is 20.9 Å². The highest BCUT2D eigenvalue weighted by Crippen LogP contribution is 2.18. The van der Waals surface area contributed by atoms with Crippen LogP contribution in [0.2, 0.25) is 0 Å². The van der Waals surface area contributed by atoms with E-state index in [2.05, 4.69) is 5.32 Å². The first kappa shape index (κ1) is 9.79. The predicted molar refractivity (Wildman–Crippen MR) is 54.6 cm³/mol. The Kier molecular flexibility index (Phi) is 2.47. The largest absolute Gasteiger partial charge is 0.508 e. The Hall–Kier alpha value is -1.75. The molecule has 1 saturated heterocycles. The van der Waals surface area contributed by atoms with Crippen molar-refractivity contribution in [3.05, 3.63) is 23.8 Å². The van der Waals surface area contributed by atoms with Gasteiger partial charge in [-0.1, -0.05) is 0 Å². The lowest BCUT2D eigenvalue weighted by Crippen LogP contribution is -2.48. The molecule has 0 aromatic heterocycles. The number of aromatic hydroxyl groups is 1. The van der Waals surface area contributed by atoms with Crippen LogP contribution in [0.5, 0.6) is 5.75 Å². The van der Waals surface area contributed by atoms with Crippen LogP contribution in [0.25, 0.3) is 0 Å². The molecule has 0 saturated carbocycles. The number of ether oxygens (including phenoxy) is 1. The minimum Gasteiger partial charge on any atom is -0.508 e. The molecule has 1 aromatic rings. The minimum absolute atomic E-state index is 0.0270. The first-order valence-electron chi connectivity index (χ1n) is 4.64.